The molecule has 2 aliphatic rings. The molecule has 4 nitrogen and oxygen atoms in total. The number of hydrogen-bond acceptors (Lipinski definition) is 4. The average Bonchev–Trinajstić information content (AvgIpc) is 3.08. The van der Waals surface area contributed by atoms with E-state index in [0.29, 0.717) is 17.3 Å². The molecular formula is C13H15Cl2NO3S2. The van der Waals surface area contributed by atoms with Gasteiger partial charge >= 0.3 is 0 Å². The number of carbonyl (C=O) groups is 1. The Kier molecular flexibility index (Phi) is 4.36. The molecule has 1 saturated carbocycles. The molecule has 1 aromatic rings. The Bertz CT molecular complexity index is 671. The van der Waals surface area contributed by atoms with Crippen molar-refractivity contribution in [3.63, 3.8) is 0 Å². The highest BCUT2D eigenvalue weighted by Crippen LogP contribution is 2.40. The first-order valence-corrected chi connectivity index (χ1v) is 9.92. The van der Waals surface area contributed by atoms with Crippen molar-refractivity contribution >= 4 is 50.3 Å². The van der Waals surface area contributed by atoms with E-state index in [1.54, 1.807) is 0 Å². The van der Waals surface area contributed by atoms with E-state index < -0.39 is 10.0 Å². The largest absolute Gasteiger partial charge is 0.299 e. The summed E-state index contributed by atoms with van der Waals surface area (Å²) in [7, 11) is -3.68. The molecule has 8 heteroatoms. The highest BCUT2D eigenvalue weighted by molar-refractivity contribution is 7.89. The number of nitrogens with zero attached hydrogens (tertiary/aromatic N) is 1. The summed E-state index contributed by atoms with van der Waals surface area (Å²) >= 11 is 12.9. The molecule has 0 radical (unpaired) electrons. The van der Waals surface area contributed by atoms with Gasteiger partial charge in [-0.3, -0.25) is 4.79 Å². The zero-order valence-corrected chi connectivity index (χ0v) is 14.4. The maximum Gasteiger partial charge on any atom is 0.245 e. The summed E-state index contributed by atoms with van der Waals surface area (Å²) in [6.07, 6.45) is 3.74. The Balaban J connectivity index is 1.94. The second-order valence-corrected chi connectivity index (χ2v) is 9.62. The van der Waals surface area contributed by atoms with Crippen molar-refractivity contribution in [3.05, 3.63) is 14.7 Å². The lowest BCUT2D eigenvalue weighted by atomic mass is 9.96. The minimum atomic E-state index is -3.68. The highest BCUT2D eigenvalue weighted by Gasteiger charge is 2.44. The van der Waals surface area contributed by atoms with Crippen molar-refractivity contribution in [3.8, 4) is 0 Å². The number of halogens is 2. The third-order valence-electron chi connectivity index (χ3n) is 4.28. The Morgan fingerprint density at radius 3 is 2.57 bits per heavy atom. The minimum absolute atomic E-state index is 0.0662. The van der Waals surface area contributed by atoms with Crippen LogP contribution in [0, 0.1) is 5.92 Å². The van der Waals surface area contributed by atoms with Gasteiger partial charge in [0.1, 0.15) is 15.0 Å². The first kappa shape index (κ1) is 15.7. The SMILES string of the molecule is O=C1CCCC1C1CCCN1S(=O)(=O)c1cc(Cl)sc1Cl. The summed E-state index contributed by atoms with van der Waals surface area (Å²) in [6, 6.07) is 1.18. The van der Waals surface area contributed by atoms with Crippen LogP contribution in [0.1, 0.15) is 32.1 Å². The second-order valence-electron chi connectivity index (χ2n) is 5.48. The predicted octanol–water partition coefficient (Wildman–Crippen LogP) is 3.58. The molecule has 1 aliphatic heterocycles. The van der Waals surface area contributed by atoms with E-state index in [4.69, 9.17) is 23.2 Å². The first-order valence-electron chi connectivity index (χ1n) is 6.90. The smallest absolute Gasteiger partial charge is 0.245 e. The monoisotopic (exact) mass is 367 g/mol. The van der Waals surface area contributed by atoms with Gasteiger partial charge in [0.15, 0.2) is 0 Å². The number of ketones is 1. The summed E-state index contributed by atoms with van der Waals surface area (Å²) in [5.41, 5.74) is 0. The summed E-state index contributed by atoms with van der Waals surface area (Å²) < 4.78 is 27.6. The molecule has 21 heavy (non-hydrogen) atoms. The molecule has 2 fully saturated rings. The van der Waals surface area contributed by atoms with Crippen LogP contribution < -0.4 is 0 Å². The predicted molar refractivity (Wildman–Crippen MR) is 83.6 cm³/mol. The molecule has 0 aromatic carbocycles. The average molecular weight is 368 g/mol. The minimum Gasteiger partial charge on any atom is -0.299 e. The number of rotatable bonds is 3. The summed E-state index contributed by atoms with van der Waals surface area (Å²) in [5.74, 6) is 0.0340. The molecule has 2 unspecified atom stereocenters. The molecule has 0 amide bonds. The van der Waals surface area contributed by atoms with Crippen LogP contribution in [0.4, 0.5) is 0 Å². The van der Waals surface area contributed by atoms with E-state index in [9.17, 15) is 13.2 Å². The normalized spacial score (nSPS) is 27.6. The van der Waals surface area contributed by atoms with E-state index in [1.807, 2.05) is 0 Å². The maximum atomic E-state index is 12.8. The molecule has 0 bridgehead atoms. The number of carbonyl (C=O) groups excluding carboxylic acids is 1. The Hall–Kier alpha value is -0.140. The molecule has 1 aromatic heterocycles. The molecule has 1 aliphatic carbocycles. The van der Waals surface area contributed by atoms with E-state index in [0.717, 1.165) is 37.0 Å². The van der Waals surface area contributed by atoms with Crippen LogP contribution in [0.15, 0.2) is 11.0 Å². The summed E-state index contributed by atoms with van der Waals surface area (Å²) in [4.78, 5) is 12.0. The standard InChI is InChI=1S/C13H15Cl2NO3S2/c14-12-7-11(13(15)20-12)21(18,19)16-6-2-4-9(16)8-3-1-5-10(8)17/h7-9H,1-6H2. The maximum absolute atomic E-state index is 12.8. The zero-order valence-electron chi connectivity index (χ0n) is 11.2. The van der Waals surface area contributed by atoms with Crippen molar-refractivity contribution in [1.82, 2.24) is 4.31 Å². The molecular weight excluding hydrogens is 353 g/mol. The van der Waals surface area contributed by atoms with Gasteiger partial charge in [-0.25, -0.2) is 8.42 Å². The fourth-order valence-corrected chi connectivity index (χ4v) is 7.19. The Labute approximate surface area is 138 Å². The van der Waals surface area contributed by atoms with Crippen molar-refractivity contribution in [2.24, 2.45) is 5.92 Å². The van der Waals surface area contributed by atoms with Gasteiger partial charge < -0.3 is 0 Å². The summed E-state index contributed by atoms with van der Waals surface area (Å²) in [6.45, 7) is 0.445. The zero-order chi connectivity index (χ0) is 15.2. The van der Waals surface area contributed by atoms with Gasteiger partial charge in [-0.1, -0.05) is 23.2 Å². The van der Waals surface area contributed by atoms with Crippen LogP contribution in [-0.2, 0) is 14.8 Å². The molecule has 3 rings (SSSR count). The van der Waals surface area contributed by atoms with Crippen LogP contribution in [0.3, 0.4) is 0 Å². The van der Waals surface area contributed by atoms with E-state index >= 15 is 0 Å². The van der Waals surface area contributed by atoms with Crippen molar-refractivity contribution in [1.29, 1.82) is 0 Å². The van der Waals surface area contributed by atoms with Gasteiger partial charge in [0.25, 0.3) is 0 Å². The molecule has 0 spiro atoms. The number of hydrogen-bond donors (Lipinski definition) is 0. The molecule has 2 heterocycles. The first-order chi connectivity index (χ1) is 9.91. The van der Waals surface area contributed by atoms with Gasteiger partial charge in [0, 0.05) is 24.9 Å². The number of Topliss-reactive ketones (excluding diaryl/α,β-unsaturated/α-hetero) is 1. The van der Waals surface area contributed by atoms with Crippen molar-refractivity contribution in [2.75, 3.05) is 6.54 Å². The van der Waals surface area contributed by atoms with Gasteiger partial charge in [-0.15, -0.1) is 11.3 Å². The Morgan fingerprint density at radius 1 is 1.24 bits per heavy atom. The lowest BCUT2D eigenvalue weighted by molar-refractivity contribution is -0.121. The van der Waals surface area contributed by atoms with Crippen LogP contribution in [-0.4, -0.2) is 31.1 Å². The van der Waals surface area contributed by atoms with Crippen molar-refractivity contribution in [2.45, 2.75) is 43.0 Å². The topological polar surface area (TPSA) is 54.5 Å². The lowest BCUT2D eigenvalue weighted by Gasteiger charge is -2.27. The summed E-state index contributed by atoms with van der Waals surface area (Å²) in [5, 5.41) is 0. The van der Waals surface area contributed by atoms with E-state index in [-0.39, 0.29) is 27.0 Å². The van der Waals surface area contributed by atoms with Crippen LogP contribution in [0.5, 0.6) is 0 Å². The highest BCUT2D eigenvalue weighted by atomic mass is 35.5. The molecule has 1 saturated heterocycles. The molecule has 116 valence electrons. The van der Waals surface area contributed by atoms with Gasteiger partial charge in [0.05, 0.1) is 4.34 Å². The molecule has 0 N–H and O–H groups in total. The number of thiophene rings is 1. The third-order valence-corrected chi connectivity index (χ3v) is 7.95. The van der Waals surface area contributed by atoms with Crippen LogP contribution in [0.25, 0.3) is 0 Å². The Morgan fingerprint density at radius 2 is 2.00 bits per heavy atom. The fraction of sp³-hybridized carbons (Fsp3) is 0.615. The van der Waals surface area contributed by atoms with Gasteiger partial charge in [-0.2, -0.15) is 4.31 Å². The van der Waals surface area contributed by atoms with Gasteiger partial charge in [0.2, 0.25) is 10.0 Å². The quantitative estimate of drug-likeness (QED) is 0.820. The van der Waals surface area contributed by atoms with Crippen LogP contribution in [0.2, 0.25) is 8.67 Å². The van der Waals surface area contributed by atoms with E-state index in [1.165, 1.54) is 10.4 Å². The second kappa shape index (κ2) is 5.81. The van der Waals surface area contributed by atoms with Crippen LogP contribution >= 0.6 is 34.5 Å². The molecule has 2 atom stereocenters. The number of sulfonamides is 1. The van der Waals surface area contributed by atoms with Gasteiger partial charge in [-0.05, 0) is 31.7 Å². The van der Waals surface area contributed by atoms with Crippen molar-refractivity contribution < 1.29 is 13.2 Å². The van der Waals surface area contributed by atoms with E-state index in [2.05, 4.69) is 0 Å². The lowest BCUT2D eigenvalue weighted by Crippen LogP contribution is -2.41. The third kappa shape index (κ3) is 2.77. The fourth-order valence-electron chi connectivity index (χ4n) is 3.34.